The monoisotopic (exact) mass is 621 g/mol. The first-order valence-electron chi connectivity index (χ1n) is 13.8. The zero-order valence-electron chi connectivity index (χ0n) is 23.3. The summed E-state index contributed by atoms with van der Waals surface area (Å²) in [7, 11) is 1.47. The molecule has 4 heterocycles. The second-order valence-electron chi connectivity index (χ2n) is 10.7. The molecule has 1 aliphatic heterocycles. The lowest BCUT2D eigenvalue weighted by atomic mass is 9.92. The van der Waals surface area contributed by atoms with Gasteiger partial charge < -0.3 is 14.6 Å². The number of alkyl halides is 6. The molecule has 2 atom stereocenters. The summed E-state index contributed by atoms with van der Waals surface area (Å²) in [4.78, 5) is 17.1. The van der Waals surface area contributed by atoms with Gasteiger partial charge in [0.15, 0.2) is 22.7 Å². The van der Waals surface area contributed by atoms with Crippen molar-refractivity contribution in [2.24, 2.45) is 7.05 Å². The number of anilines is 1. The van der Waals surface area contributed by atoms with E-state index < -0.39 is 48.0 Å². The van der Waals surface area contributed by atoms with Gasteiger partial charge in [-0.15, -0.1) is 0 Å². The number of ether oxygens (including phenoxy) is 1. The molecule has 0 spiro atoms. The van der Waals surface area contributed by atoms with E-state index in [4.69, 9.17) is 4.74 Å². The minimum Gasteiger partial charge on any atom is -0.364 e. The van der Waals surface area contributed by atoms with Crippen LogP contribution in [0.5, 0.6) is 0 Å². The highest BCUT2D eigenvalue weighted by atomic mass is 19.4. The third kappa shape index (κ3) is 5.92. The number of imidazole rings is 2. The topological polar surface area (TPSA) is 82.7 Å². The average molecular weight is 622 g/mol. The van der Waals surface area contributed by atoms with E-state index in [2.05, 4.69) is 25.3 Å². The van der Waals surface area contributed by atoms with Crippen LogP contribution in [0.4, 0.5) is 36.6 Å². The summed E-state index contributed by atoms with van der Waals surface area (Å²) < 4.78 is 104. The van der Waals surface area contributed by atoms with Crippen molar-refractivity contribution >= 4 is 17.0 Å². The van der Waals surface area contributed by atoms with Gasteiger partial charge in [-0.25, -0.2) is 24.3 Å². The van der Waals surface area contributed by atoms with Crippen LogP contribution in [0.15, 0.2) is 60.3 Å². The number of benzene rings is 1. The van der Waals surface area contributed by atoms with Crippen molar-refractivity contribution in [2.75, 3.05) is 11.9 Å². The van der Waals surface area contributed by atoms with E-state index in [1.165, 1.54) is 17.9 Å². The molecule has 232 valence electrons. The molecule has 0 bridgehead atoms. The summed E-state index contributed by atoms with van der Waals surface area (Å²) in [6, 6.07) is 6.65. The van der Waals surface area contributed by atoms with Crippen LogP contribution < -0.4 is 5.32 Å². The van der Waals surface area contributed by atoms with Crippen LogP contribution in [0.3, 0.4) is 0 Å². The quantitative estimate of drug-likeness (QED) is 0.226. The normalized spacial score (nSPS) is 19.6. The number of aryl methyl sites for hydroxylation is 1. The summed E-state index contributed by atoms with van der Waals surface area (Å²) in [5.74, 6) is -1.94. The Morgan fingerprint density at radius 1 is 0.977 bits per heavy atom. The maximum atomic E-state index is 15.0. The van der Waals surface area contributed by atoms with Crippen molar-refractivity contribution in [1.82, 2.24) is 29.1 Å². The number of nitrogens with one attached hydrogen (secondary N) is 1. The predicted octanol–water partition coefficient (Wildman–Crippen LogP) is 7.39. The van der Waals surface area contributed by atoms with Crippen LogP contribution in [0.1, 0.15) is 54.9 Å². The number of hydrogen-bond donors (Lipinski definition) is 1. The molecule has 44 heavy (non-hydrogen) atoms. The molecule has 0 radical (unpaired) electrons. The van der Waals surface area contributed by atoms with Crippen LogP contribution >= 0.6 is 0 Å². The van der Waals surface area contributed by atoms with Gasteiger partial charge in [0.1, 0.15) is 23.7 Å². The second-order valence-corrected chi connectivity index (χ2v) is 10.7. The number of rotatable bonds is 6. The van der Waals surface area contributed by atoms with Crippen LogP contribution in [0.2, 0.25) is 0 Å². The molecule has 2 aliphatic rings. The molecule has 8 nitrogen and oxygen atoms in total. The Morgan fingerprint density at radius 3 is 2.41 bits per heavy atom. The van der Waals surface area contributed by atoms with Crippen molar-refractivity contribution in [3.8, 4) is 11.4 Å². The molecule has 2 unspecified atom stereocenters. The van der Waals surface area contributed by atoms with E-state index in [1.807, 2.05) is 0 Å². The maximum absolute atomic E-state index is 15.0. The van der Waals surface area contributed by atoms with E-state index in [9.17, 15) is 30.7 Å². The highest BCUT2D eigenvalue weighted by Crippen LogP contribution is 2.41. The number of hydrogen-bond acceptors (Lipinski definition) is 6. The van der Waals surface area contributed by atoms with E-state index in [0.717, 1.165) is 31.2 Å². The Kier molecular flexibility index (Phi) is 7.68. The van der Waals surface area contributed by atoms with E-state index in [1.54, 1.807) is 28.8 Å². The fourth-order valence-corrected chi connectivity index (χ4v) is 5.30. The largest absolute Gasteiger partial charge is 0.434 e. The smallest absolute Gasteiger partial charge is 0.364 e. The van der Waals surface area contributed by atoms with E-state index in [-0.39, 0.29) is 24.0 Å². The molecule has 1 aromatic carbocycles. The van der Waals surface area contributed by atoms with Crippen molar-refractivity contribution in [1.29, 1.82) is 0 Å². The first-order valence-corrected chi connectivity index (χ1v) is 13.8. The first kappa shape index (κ1) is 29.8. The molecule has 1 fully saturated rings. The molecule has 15 heteroatoms. The number of fused-ring (bicyclic) bond motifs is 1. The number of allylic oxidation sites excluding steroid dienone is 4. The average Bonchev–Trinajstić information content (AvgIpc) is 3.60. The van der Waals surface area contributed by atoms with E-state index >= 15 is 0 Å². The molecule has 3 aromatic heterocycles. The van der Waals surface area contributed by atoms with Crippen molar-refractivity contribution in [3.63, 3.8) is 0 Å². The Balaban J connectivity index is 1.30. The maximum Gasteiger partial charge on any atom is 0.434 e. The van der Waals surface area contributed by atoms with Crippen molar-refractivity contribution in [3.05, 3.63) is 77.4 Å². The van der Waals surface area contributed by atoms with Gasteiger partial charge >= 0.3 is 12.4 Å². The lowest BCUT2D eigenvalue weighted by Crippen LogP contribution is -2.20. The zero-order chi connectivity index (χ0) is 31.2. The summed E-state index contributed by atoms with van der Waals surface area (Å²) in [5.41, 5.74) is -0.0676. The van der Waals surface area contributed by atoms with Crippen LogP contribution in [-0.4, -0.2) is 41.9 Å². The minimum atomic E-state index is -4.63. The summed E-state index contributed by atoms with van der Waals surface area (Å²) in [5, 5.41) is 3.13. The third-order valence-corrected chi connectivity index (χ3v) is 7.62. The van der Waals surface area contributed by atoms with E-state index in [0.29, 0.717) is 35.3 Å². The van der Waals surface area contributed by atoms with Crippen LogP contribution in [-0.2, 0) is 24.5 Å². The van der Waals surface area contributed by atoms with Crippen LogP contribution in [0.25, 0.3) is 22.6 Å². The molecule has 4 aromatic rings. The van der Waals surface area contributed by atoms with Gasteiger partial charge in [-0.3, -0.25) is 4.57 Å². The molecule has 1 aliphatic carbocycles. The first-order chi connectivity index (χ1) is 20.9. The summed E-state index contributed by atoms with van der Waals surface area (Å²) in [6.07, 6.45) is -3.82. The van der Waals surface area contributed by atoms with Gasteiger partial charge in [-0.2, -0.15) is 26.3 Å². The summed E-state index contributed by atoms with van der Waals surface area (Å²) in [6.45, 7) is 0.697. The number of halogens is 7. The molecule has 6 rings (SSSR count). The molecular formula is C29H26F7N7O. The molecule has 0 amide bonds. The number of nitrogens with zero attached hydrogens (tertiary/aromatic N) is 6. The zero-order valence-corrected chi connectivity index (χ0v) is 23.3. The minimum absolute atomic E-state index is 0.133. The fraction of sp³-hybridized carbons (Fsp3) is 0.379. The molecule has 1 N–H and O–H groups in total. The Morgan fingerprint density at radius 2 is 1.75 bits per heavy atom. The number of aromatic nitrogens is 6. The Hall–Kier alpha value is -4.27. The van der Waals surface area contributed by atoms with Gasteiger partial charge in [0.2, 0.25) is 0 Å². The van der Waals surface area contributed by atoms with Gasteiger partial charge in [0.25, 0.3) is 0 Å². The SMILES string of the molecule is Cn1cc(C(F)(F)F)nc1-c1ccc(CNc2nc(C3CC(C(F)(F)F)=CC=C3F)nc3c2ncn3C2CCCCO2)cc1. The molecule has 0 saturated carbocycles. The fourth-order valence-electron chi connectivity index (χ4n) is 5.30. The van der Waals surface area contributed by atoms with Gasteiger partial charge in [-0.1, -0.05) is 30.3 Å². The Bertz CT molecular complexity index is 1730. The molecule has 1 saturated heterocycles. The Labute approximate surface area is 246 Å². The molecular weight excluding hydrogens is 595 g/mol. The van der Waals surface area contributed by atoms with Gasteiger partial charge in [0.05, 0.1) is 12.2 Å². The lowest BCUT2D eigenvalue weighted by Gasteiger charge is -2.24. The summed E-state index contributed by atoms with van der Waals surface area (Å²) >= 11 is 0. The highest BCUT2D eigenvalue weighted by molar-refractivity contribution is 5.83. The standard InChI is InChI=1S/C29H26F7N7O/c1-42-14-21(29(34,35)36)39-26(42)17-7-5-16(6-8-17)13-37-25-23-27(43(15-38-23)22-4-2-3-11-44-22)41-24(40-25)19-12-18(28(31,32)33)9-10-20(19)30/h5-10,14-15,19,22H,2-4,11-13H2,1H3,(H,37,40,41). The predicted molar refractivity (Wildman–Crippen MR) is 146 cm³/mol. The van der Waals surface area contributed by atoms with Gasteiger partial charge in [0, 0.05) is 37.5 Å². The van der Waals surface area contributed by atoms with Crippen LogP contribution in [0, 0.1) is 0 Å². The second kappa shape index (κ2) is 11.3. The van der Waals surface area contributed by atoms with Crippen molar-refractivity contribution < 1.29 is 35.5 Å². The van der Waals surface area contributed by atoms with Crippen molar-refractivity contribution in [2.45, 2.75) is 56.7 Å². The van der Waals surface area contributed by atoms with Gasteiger partial charge in [-0.05, 0) is 37.3 Å². The lowest BCUT2D eigenvalue weighted by molar-refractivity contribution is -0.140. The third-order valence-electron chi connectivity index (χ3n) is 7.62. The highest BCUT2D eigenvalue weighted by Gasteiger charge is 2.39.